The molecule has 2 aliphatic rings. The van der Waals surface area contributed by atoms with Gasteiger partial charge in [-0.25, -0.2) is 0 Å². The van der Waals surface area contributed by atoms with Crippen LogP contribution in [0.25, 0.3) is 11.4 Å². The molecular weight excluding hydrogens is 667 g/mol. The molecule has 17 heteroatoms. The van der Waals surface area contributed by atoms with Crippen LogP contribution in [0.3, 0.4) is 0 Å². The summed E-state index contributed by atoms with van der Waals surface area (Å²) >= 11 is 0. The van der Waals surface area contributed by atoms with Gasteiger partial charge < -0.3 is 41.7 Å². The molecular formula is C30H32CoN4O12+4. The Labute approximate surface area is 276 Å². The summed E-state index contributed by atoms with van der Waals surface area (Å²) in [5, 5.41) is 20.7. The van der Waals surface area contributed by atoms with E-state index in [0.29, 0.717) is 9.80 Å². The van der Waals surface area contributed by atoms with Gasteiger partial charge in [0.05, 0.1) is 58.7 Å². The van der Waals surface area contributed by atoms with E-state index in [0.717, 1.165) is 11.4 Å². The maximum absolute atomic E-state index is 11.6. The maximum atomic E-state index is 11.6. The summed E-state index contributed by atoms with van der Waals surface area (Å²) < 4.78 is 0. The molecule has 1 radical (unpaired) electrons. The first-order valence-corrected chi connectivity index (χ1v) is 12.3. The van der Waals surface area contributed by atoms with Gasteiger partial charge in [-0.3, -0.25) is 38.9 Å². The third kappa shape index (κ3) is 10.2. The van der Waals surface area contributed by atoms with Gasteiger partial charge in [0.1, 0.15) is 0 Å². The molecule has 0 saturated carbocycles. The number of nitrogens with zero attached hydrogens (tertiary/aromatic N) is 4. The number of benzene rings is 2. The Hall–Kier alpha value is -5.69. The molecule has 2 aromatic heterocycles. The molecule has 0 fully saturated rings. The summed E-state index contributed by atoms with van der Waals surface area (Å²) in [6, 6.07) is 24.0. The van der Waals surface area contributed by atoms with Gasteiger partial charge in [0, 0.05) is 12.4 Å². The van der Waals surface area contributed by atoms with Crippen LogP contribution in [-0.2, 0) is 48.3 Å². The summed E-state index contributed by atoms with van der Waals surface area (Å²) in [7, 11) is 0. The van der Waals surface area contributed by atoms with E-state index in [1.165, 1.54) is 24.3 Å². The molecule has 2 aliphatic heterocycles. The van der Waals surface area contributed by atoms with Crippen molar-refractivity contribution < 1.29 is 77.7 Å². The normalized spacial score (nSPS) is 11.6. The van der Waals surface area contributed by atoms with Crippen LogP contribution in [0.2, 0.25) is 0 Å². The maximum Gasteiger partial charge on any atom is 2.00 e. The number of rotatable bonds is 5. The predicted octanol–water partition coefficient (Wildman–Crippen LogP) is -3.48. The molecule has 0 atom stereocenters. The number of carbonyl (C=O) groups is 6. The monoisotopic (exact) mass is 699 g/mol. The minimum Gasteiger partial charge on any atom is -0.548 e. The van der Waals surface area contributed by atoms with Crippen LogP contribution in [-0.4, -0.2) is 68.4 Å². The number of carboxylic acids is 2. The minimum atomic E-state index is -1.45. The Morgan fingerprint density at radius 3 is 0.957 bits per heavy atom. The summed E-state index contributed by atoms with van der Waals surface area (Å²) in [6.07, 6.45) is 3.54. The van der Waals surface area contributed by atoms with Crippen LogP contribution in [0, 0.1) is 0 Å². The van der Waals surface area contributed by atoms with E-state index >= 15 is 0 Å². The van der Waals surface area contributed by atoms with Crippen molar-refractivity contribution in [1.82, 2.24) is 19.8 Å². The molecule has 12 N–H and O–H groups in total. The van der Waals surface area contributed by atoms with Gasteiger partial charge in [-0.1, -0.05) is 36.4 Å². The van der Waals surface area contributed by atoms with Crippen molar-refractivity contribution in [2.45, 2.75) is 0 Å². The zero-order valence-electron chi connectivity index (χ0n) is 24.3. The number of carbonyl (C=O) groups excluding carboxylic acids is 6. The molecule has 47 heavy (non-hydrogen) atoms. The van der Waals surface area contributed by atoms with E-state index in [1.807, 2.05) is 36.4 Å². The smallest absolute Gasteiger partial charge is 0.548 e. The molecule has 249 valence electrons. The molecule has 16 nitrogen and oxygen atoms in total. The van der Waals surface area contributed by atoms with Gasteiger partial charge in [0.25, 0.3) is 23.6 Å². The number of hydrogen-bond donors (Lipinski definition) is 0. The first-order valence-electron chi connectivity index (χ1n) is 12.3. The SMILES string of the molecule is O=C([O-])CN1C(=O)c2ccccc2C1=O.O=C([O-])CN1C(=O)c2ccccc2C1=O.[Co+2].[OH3+].[OH3+].[OH3+].[OH3+].c1ccc(-c2ccccn2)nc1. The fourth-order valence-corrected chi connectivity index (χ4v) is 4.05. The predicted molar refractivity (Wildman–Crippen MR) is 161 cm³/mol. The molecule has 4 amide bonds. The molecule has 4 heterocycles. The van der Waals surface area contributed by atoms with Gasteiger partial charge >= 0.3 is 16.8 Å². The summed E-state index contributed by atoms with van der Waals surface area (Å²) in [6.45, 7) is -1.40. The van der Waals surface area contributed by atoms with Crippen LogP contribution in [0.15, 0.2) is 97.3 Å². The summed E-state index contributed by atoms with van der Waals surface area (Å²) in [5.41, 5.74) is 2.79. The average molecular weight is 700 g/mol. The third-order valence-corrected chi connectivity index (χ3v) is 5.92. The standard InChI is InChI=1S/C10H8N2.2C10H7NO4.Co.4H2O/c1-3-7-11-9(5-1)10-6-2-4-8-12-10;2*12-8(13)5-11-9(14)6-3-1-2-4-7(6)10(11)15;;;;;/h1-8H;2*1-4H,5H2,(H,12,13);;4*1H2/q;;;+2;;;;/p+2. The number of hydrogen-bond acceptors (Lipinski definition) is 10. The van der Waals surface area contributed by atoms with Crippen LogP contribution in [0.1, 0.15) is 41.4 Å². The number of pyridine rings is 2. The van der Waals surface area contributed by atoms with Crippen molar-refractivity contribution in [3.63, 3.8) is 0 Å². The van der Waals surface area contributed by atoms with Crippen LogP contribution >= 0.6 is 0 Å². The van der Waals surface area contributed by atoms with Crippen molar-refractivity contribution in [3.05, 3.63) is 120 Å². The third-order valence-electron chi connectivity index (χ3n) is 5.92. The molecule has 0 aliphatic carbocycles. The molecule has 0 spiro atoms. The first-order chi connectivity index (χ1) is 20.2. The summed E-state index contributed by atoms with van der Waals surface area (Å²) in [5.74, 6) is -5.24. The molecule has 2 aromatic carbocycles. The molecule has 0 saturated heterocycles. The quantitative estimate of drug-likeness (QED) is 0.146. The van der Waals surface area contributed by atoms with Gasteiger partial charge in [0.15, 0.2) is 0 Å². The molecule has 0 unspecified atom stereocenters. The zero-order chi connectivity index (χ0) is 30.2. The average Bonchev–Trinajstić information content (AvgIpc) is 3.39. The molecule has 4 aromatic rings. The topological polar surface area (TPSA) is 313 Å². The van der Waals surface area contributed by atoms with E-state index in [9.17, 15) is 39.0 Å². The fourth-order valence-electron chi connectivity index (χ4n) is 4.05. The van der Waals surface area contributed by atoms with Crippen molar-refractivity contribution in [2.75, 3.05) is 13.1 Å². The summed E-state index contributed by atoms with van der Waals surface area (Å²) in [4.78, 5) is 76.6. The van der Waals surface area contributed by atoms with Gasteiger partial charge in [-0.05, 0) is 48.5 Å². The Morgan fingerprint density at radius 2 is 0.745 bits per heavy atom. The molecule has 6 rings (SSSR count). The van der Waals surface area contributed by atoms with E-state index in [4.69, 9.17) is 0 Å². The number of carboxylic acid groups (broad SMARTS) is 2. The second kappa shape index (κ2) is 19.6. The van der Waals surface area contributed by atoms with Crippen molar-refractivity contribution in [3.8, 4) is 11.4 Å². The first kappa shape index (κ1) is 43.4. The van der Waals surface area contributed by atoms with E-state index < -0.39 is 48.7 Å². The fraction of sp³-hybridized carbons (Fsp3) is 0.0667. The number of fused-ring (bicyclic) bond motifs is 2. The van der Waals surface area contributed by atoms with Crippen molar-refractivity contribution in [2.24, 2.45) is 0 Å². The second-order valence-electron chi connectivity index (χ2n) is 8.66. The number of aliphatic carboxylic acids is 2. The Kier molecular flexibility index (Phi) is 18.2. The van der Waals surface area contributed by atoms with E-state index in [2.05, 4.69) is 9.97 Å². The van der Waals surface area contributed by atoms with Gasteiger partial charge in [0.2, 0.25) is 0 Å². The van der Waals surface area contributed by atoms with Gasteiger partial charge in [-0.15, -0.1) is 0 Å². The second-order valence-corrected chi connectivity index (χ2v) is 8.66. The Balaban J connectivity index is 0. The van der Waals surface area contributed by atoms with Gasteiger partial charge in [-0.2, -0.15) is 0 Å². The minimum absolute atomic E-state index is 0. The van der Waals surface area contributed by atoms with Crippen molar-refractivity contribution >= 4 is 35.6 Å². The largest absolute Gasteiger partial charge is 2.00 e. The molecule has 0 bridgehead atoms. The van der Waals surface area contributed by atoms with E-state index in [-0.39, 0.29) is 60.9 Å². The number of imide groups is 2. The van der Waals surface area contributed by atoms with Crippen LogP contribution in [0.5, 0.6) is 0 Å². The van der Waals surface area contributed by atoms with Crippen LogP contribution in [0.4, 0.5) is 0 Å². The van der Waals surface area contributed by atoms with Crippen molar-refractivity contribution in [1.29, 1.82) is 0 Å². The Bertz CT molecular complexity index is 1500. The van der Waals surface area contributed by atoms with Crippen LogP contribution < -0.4 is 10.2 Å². The Morgan fingerprint density at radius 1 is 0.489 bits per heavy atom. The number of amides is 4. The zero-order valence-corrected chi connectivity index (χ0v) is 25.4. The number of aromatic nitrogens is 2. The van der Waals surface area contributed by atoms with E-state index in [1.54, 1.807) is 36.7 Å².